The molecule has 0 saturated carbocycles. The van der Waals surface area contributed by atoms with Gasteiger partial charge in [-0.15, -0.1) is 0 Å². The summed E-state index contributed by atoms with van der Waals surface area (Å²) in [7, 11) is 0. The average molecular weight is 214 g/mol. The number of carboxylic acids is 1. The molecule has 0 aromatic heterocycles. The molecule has 78 valence electrons. The van der Waals surface area contributed by atoms with Gasteiger partial charge in [0.25, 0.3) is 0 Å². The lowest BCUT2D eigenvalue weighted by atomic mass is 9.99. The van der Waals surface area contributed by atoms with Gasteiger partial charge in [-0.25, -0.2) is 4.79 Å². The molecule has 0 amide bonds. The zero-order chi connectivity index (χ0) is 11.1. The van der Waals surface area contributed by atoms with Crippen molar-refractivity contribution in [1.29, 1.82) is 0 Å². The summed E-state index contributed by atoms with van der Waals surface area (Å²) < 4.78 is 0. The summed E-state index contributed by atoms with van der Waals surface area (Å²) >= 11 is 0. The Hall–Kier alpha value is -2.43. The molecule has 0 spiro atoms. The van der Waals surface area contributed by atoms with Crippen molar-refractivity contribution in [2.75, 3.05) is 0 Å². The van der Waals surface area contributed by atoms with Crippen molar-refractivity contribution in [3.63, 3.8) is 0 Å². The first-order valence-corrected chi connectivity index (χ1v) is 4.61. The molecule has 2 heterocycles. The highest BCUT2D eigenvalue weighted by molar-refractivity contribution is 6.19. The van der Waals surface area contributed by atoms with Gasteiger partial charge >= 0.3 is 5.97 Å². The van der Waals surface area contributed by atoms with Crippen LogP contribution in [0.15, 0.2) is 28.5 Å². The number of carbonyl (C=O) groups is 1. The molecular weight excluding hydrogens is 208 g/mol. The zero-order valence-corrected chi connectivity index (χ0v) is 8.04. The maximum Gasteiger partial charge on any atom is 0.335 e. The lowest BCUT2D eigenvalue weighted by Gasteiger charge is -2.04. The number of allylic oxidation sites excluding steroid dienone is 1. The SMILES string of the molecule is O=C(O)c1cc2c3c(c1)N=CC3=CON=C2. The fourth-order valence-corrected chi connectivity index (χ4v) is 1.76. The Balaban J connectivity index is 2.31. The molecule has 0 fully saturated rings. The summed E-state index contributed by atoms with van der Waals surface area (Å²) in [5, 5.41) is 12.6. The summed E-state index contributed by atoms with van der Waals surface area (Å²) in [6.07, 6.45) is 4.61. The van der Waals surface area contributed by atoms with Gasteiger partial charge in [0.1, 0.15) is 6.26 Å². The van der Waals surface area contributed by atoms with Gasteiger partial charge in [-0.3, -0.25) is 4.99 Å². The molecule has 0 saturated heterocycles. The number of aliphatic imine (C=N–C) groups is 1. The molecule has 0 radical (unpaired) electrons. The van der Waals surface area contributed by atoms with Gasteiger partial charge in [0.2, 0.25) is 0 Å². The molecular formula is C11H6N2O3. The van der Waals surface area contributed by atoms with E-state index >= 15 is 0 Å². The molecule has 3 rings (SSSR count). The topological polar surface area (TPSA) is 71.2 Å². The third-order valence-electron chi connectivity index (χ3n) is 2.46. The summed E-state index contributed by atoms with van der Waals surface area (Å²) in [5.41, 5.74) is 3.21. The second kappa shape index (κ2) is 3.03. The van der Waals surface area contributed by atoms with Crippen LogP contribution in [0.3, 0.4) is 0 Å². The molecule has 16 heavy (non-hydrogen) atoms. The van der Waals surface area contributed by atoms with Crippen molar-refractivity contribution in [3.8, 4) is 0 Å². The van der Waals surface area contributed by atoms with Crippen LogP contribution in [0.25, 0.3) is 5.57 Å². The molecule has 0 aliphatic carbocycles. The Morgan fingerprint density at radius 3 is 3.00 bits per heavy atom. The van der Waals surface area contributed by atoms with Crippen LogP contribution in [0.4, 0.5) is 5.69 Å². The number of carboxylic acid groups (broad SMARTS) is 1. The Labute approximate surface area is 90.4 Å². The highest BCUT2D eigenvalue weighted by atomic mass is 16.6. The van der Waals surface area contributed by atoms with E-state index in [0.29, 0.717) is 11.3 Å². The second-order valence-corrected chi connectivity index (χ2v) is 3.44. The minimum Gasteiger partial charge on any atom is -0.478 e. The van der Waals surface area contributed by atoms with Gasteiger partial charge in [-0.2, -0.15) is 0 Å². The second-order valence-electron chi connectivity index (χ2n) is 3.44. The van der Waals surface area contributed by atoms with E-state index in [-0.39, 0.29) is 5.56 Å². The van der Waals surface area contributed by atoms with Gasteiger partial charge in [-0.05, 0) is 12.1 Å². The van der Waals surface area contributed by atoms with E-state index in [0.717, 1.165) is 11.1 Å². The number of rotatable bonds is 1. The summed E-state index contributed by atoms with van der Waals surface area (Å²) in [5.74, 6) is -0.981. The van der Waals surface area contributed by atoms with Crippen molar-refractivity contribution >= 4 is 29.7 Å². The van der Waals surface area contributed by atoms with Crippen LogP contribution < -0.4 is 0 Å². The number of hydrogen-bond donors (Lipinski definition) is 1. The van der Waals surface area contributed by atoms with Crippen molar-refractivity contribution in [2.45, 2.75) is 0 Å². The van der Waals surface area contributed by atoms with Crippen molar-refractivity contribution in [2.24, 2.45) is 10.1 Å². The van der Waals surface area contributed by atoms with Crippen LogP contribution in [-0.4, -0.2) is 23.5 Å². The van der Waals surface area contributed by atoms with Gasteiger partial charge in [0.15, 0.2) is 0 Å². The van der Waals surface area contributed by atoms with Crippen molar-refractivity contribution < 1.29 is 14.7 Å². The van der Waals surface area contributed by atoms with E-state index in [9.17, 15) is 4.79 Å². The Bertz CT molecular complexity index is 585. The molecule has 1 aromatic rings. The van der Waals surface area contributed by atoms with Crippen LogP contribution in [-0.2, 0) is 4.84 Å². The lowest BCUT2D eigenvalue weighted by Crippen LogP contribution is -1.99. The van der Waals surface area contributed by atoms with Gasteiger partial charge in [0, 0.05) is 22.9 Å². The van der Waals surface area contributed by atoms with E-state index in [2.05, 4.69) is 10.1 Å². The normalized spacial score (nSPS) is 15.1. The predicted molar refractivity (Wildman–Crippen MR) is 58.2 cm³/mol. The smallest absolute Gasteiger partial charge is 0.335 e. The molecule has 5 nitrogen and oxygen atoms in total. The standard InChI is InChI=1S/C11H6N2O3/c14-11(15)6-1-7-4-13-16-5-8-3-12-9(2-6)10(7)8/h1-5H,(H,14,15). The number of nitrogens with zero attached hydrogens (tertiary/aromatic N) is 2. The molecule has 2 aliphatic heterocycles. The summed E-state index contributed by atoms with van der Waals surface area (Å²) in [6.45, 7) is 0. The fourth-order valence-electron chi connectivity index (χ4n) is 1.76. The largest absolute Gasteiger partial charge is 0.478 e. The first kappa shape index (κ1) is 8.84. The molecule has 5 heteroatoms. The summed E-state index contributed by atoms with van der Waals surface area (Å²) in [4.78, 5) is 19.9. The van der Waals surface area contributed by atoms with Crippen molar-refractivity contribution in [1.82, 2.24) is 0 Å². The highest BCUT2D eigenvalue weighted by Gasteiger charge is 2.20. The molecule has 1 aromatic carbocycles. The van der Waals surface area contributed by atoms with Gasteiger partial charge < -0.3 is 9.94 Å². The van der Waals surface area contributed by atoms with Gasteiger partial charge in [-0.1, -0.05) is 5.16 Å². The summed E-state index contributed by atoms with van der Waals surface area (Å²) in [6, 6.07) is 3.10. The number of hydrogen-bond acceptors (Lipinski definition) is 4. The fraction of sp³-hybridized carbons (Fsp3) is 0. The first-order valence-electron chi connectivity index (χ1n) is 4.61. The minimum atomic E-state index is -0.981. The highest BCUT2D eigenvalue weighted by Crippen LogP contribution is 2.35. The number of aromatic carboxylic acids is 1. The van der Waals surface area contributed by atoms with Crippen LogP contribution >= 0.6 is 0 Å². The third kappa shape index (κ3) is 1.15. The van der Waals surface area contributed by atoms with E-state index in [1.807, 2.05) is 0 Å². The monoisotopic (exact) mass is 214 g/mol. The maximum absolute atomic E-state index is 10.9. The van der Waals surface area contributed by atoms with Crippen LogP contribution in [0.5, 0.6) is 0 Å². The van der Waals surface area contributed by atoms with E-state index in [4.69, 9.17) is 9.94 Å². The lowest BCUT2D eigenvalue weighted by molar-refractivity contribution is 0.0697. The first-order chi connectivity index (χ1) is 7.75. The minimum absolute atomic E-state index is 0.195. The van der Waals surface area contributed by atoms with E-state index < -0.39 is 5.97 Å². The molecule has 2 aliphatic rings. The Morgan fingerprint density at radius 2 is 2.19 bits per heavy atom. The Morgan fingerprint density at radius 1 is 1.31 bits per heavy atom. The van der Waals surface area contributed by atoms with E-state index in [1.165, 1.54) is 18.5 Å². The van der Waals surface area contributed by atoms with E-state index in [1.54, 1.807) is 12.3 Å². The Kier molecular flexibility index (Phi) is 1.67. The molecule has 0 bridgehead atoms. The van der Waals surface area contributed by atoms with Crippen LogP contribution in [0, 0.1) is 0 Å². The molecule has 0 atom stereocenters. The zero-order valence-electron chi connectivity index (χ0n) is 8.04. The number of benzene rings is 1. The molecule has 1 N–H and O–H groups in total. The van der Waals surface area contributed by atoms with Crippen LogP contribution in [0.2, 0.25) is 0 Å². The third-order valence-corrected chi connectivity index (χ3v) is 2.46. The molecule has 0 unspecified atom stereocenters. The maximum atomic E-state index is 10.9. The van der Waals surface area contributed by atoms with Crippen LogP contribution in [0.1, 0.15) is 21.5 Å². The van der Waals surface area contributed by atoms with Crippen molar-refractivity contribution in [3.05, 3.63) is 35.1 Å². The van der Waals surface area contributed by atoms with Gasteiger partial charge in [0.05, 0.1) is 17.5 Å². The number of oxime groups is 1. The predicted octanol–water partition coefficient (Wildman–Crippen LogP) is 1.81. The quantitative estimate of drug-likeness (QED) is 0.774. The average Bonchev–Trinajstić information content (AvgIpc) is 2.55.